The van der Waals surface area contributed by atoms with Crippen LogP contribution in [0.5, 0.6) is 0 Å². The summed E-state index contributed by atoms with van der Waals surface area (Å²) in [4.78, 5) is 10.5. The van der Waals surface area contributed by atoms with Crippen LogP contribution in [0.4, 0.5) is 35.1 Å². The van der Waals surface area contributed by atoms with E-state index < -0.39 is 35.9 Å². The summed E-state index contributed by atoms with van der Waals surface area (Å²) in [5, 5.41) is 8.00. The third kappa shape index (κ3) is 2.94. The molecule has 0 amide bonds. The molecule has 108 valence electrons. The number of esters is 1. The van der Waals surface area contributed by atoms with E-state index in [1.165, 1.54) is 0 Å². The minimum atomic E-state index is -6.68. The molecule has 0 heterocycles. The zero-order valence-electron chi connectivity index (χ0n) is 8.57. The fraction of sp³-hybridized carbons (Fsp3) is 0.500. The van der Waals surface area contributed by atoms with Crippen molar-refractivity contribution in [2.45, 2.75) is 24.4 Å². The molecule has 0 N–H and O–H groups in total. The molecular formula is C8H3F8NO2. The molecule has 0 spiro atoms. The van der Waals surface area contributed by atoms with Crippen molar-refractivity contribution in [2.24, 2.45) is 0 Å². The summed E-state index contributed by atoms with van der Waals surface area (Å²) in [5.74, 6) is -15.6. The second-order valence-corrected chi connectivity index (χ2v) is 2.99. The van der Waals surface area contributed by atoms with Gasteiger partial charge in [-0.2, -0.15) is 31.6 Å². The van der Waals surface area contributed by atoms with Crippen molar-refractivity contribution in [3.63, 3.8) is 0 Å². The second-order valence-electron chi connectivity index (χ2n) is 2.99. The summed E-state index contributed by atoms with van der Waals surface area (Å²) in [6, 6.07) is 0.817. The highest BCUT2D eigenvalue weighted by Crippen LogP contribution is 2.49. The molecule has 0 atom stereocenters. The van der Waals surface area contributed by atoms with Crippen molar-refractivity contribution >= 4 is 5.97 Å². The number of hydrogen-bond acceptors (Lipinski definition) is 3. The average Bonchev–Trinajstić information content (AvgIpc) is 2.26. The van der Waals surface area contributed by atoms with Crippen LogP contribution in [-0.2, 0) is 9.53 Å². The van der Waals surface area contributed by atoms with Gasteiger partial charge in [0.15, 0.2) is 0 Å². The van der Waals surface area contributed by atoms with E-state index in [2.05, 4.69) is 11.3 Å². The minimum absolute atomic E-state index is 0.817. The van der Waals surface area contributed by atoms with Crippen molar-refractivity contribution in [2.75, 3.05) is 0 Å². The maximum atomic E-state index is 12.6. The molecule has 0 fully saturated rings. The first-order chi connectivity index (χ1) is 8.31. The minimum Gasteiger partial charge on any atom is -0.392 e. The molecule has 0 aliphatic carbocycles. The number of ether oxygens (including phenoxy) is 1. The summed E-state index contributed by atoms with van der Waals surface area (Å²) in [5.41, 5.74) is -1.41. The van der Waals surface area contributed by atoms with E-state index in [-0.39, 0.29) is 0 Å². The summed E-state index contributed by atoms with van der Waals surface area (Å²) in [7, 11) is 0. The number of nitrogens with zero attached hydrogens (tertiary/aromatic N) is 1. The molecule has 0 aromatic rings. The standard InChI is InChI=1S/C8H3F8NO2/c1-3(2-17)4(18)19-8(15,16)7(13,14)6(11,12)5(9)10/h5H,1H2. The largest absolute Gasteiger partial charge is 0.473 e. The summed E-state index contributed by atoms with van der Waals surface area (Å²) in [6.45, 7) is 2.49. The highest BCUT2D eigenvalue weighted by atomic mass is 19.4. The Bertz CT molecular complexity index is 425. The van der Waals surface area contributed by atoms with E-state index >= 15 is 0 Å². The van der Waals surface area contributed by atoms with E-state index in [4.69, 9.17) is 5.26 Å². The van der Waals surface area contributed by atoms with Gasteiger partial charge < -0.3 is 4.74 Å². The van der Waals surface area contributed by atoms with Gasteiger partial charge in [0.25, 0.3) is 0 Å². The maximum Gasteiger partial charge on any atom is 0.473 e. The van der Waals surface area contributed by atoms with Crippen LogP contribution in [0.1, 0.15) is 0 Å². The predicted octanol–water partition coefficient (Wildman–Crippen LogP) is 2.74. The first-order valence-corrected chi connectivity index (χ1v) is 4.05. The third-order valence-electron chi connectivity index (χ3n) is 1.66. The second kappa shape index (κ2) is 5.02. The van der Waals surface area contributed by atoms with Crippen LogP contribution in [0.25, 0.3) is 0 Å². The van der Waals surface area contributed by atoms with Crippen LogP contribution in [-0.4, -0.2) is 30.3 Å². The molecular weight excluding hydrogens is 294 g/mol. The Balaban J connectivity index is 5.37. The van der Waals surface area contributed by atoms with Crippen LogP contribution in [0.2, 0.25) is 0 Å². The van der Waals surface area contributed by atoms with Crippen LogP contribution >= 0.6 is 0 Å². The quantitative estimate of drug-likeness (QED) is 0.339. The van der Waals surface area contributed by atoms with Crippen LogP contribution in [0.3, 0.4) is 0 Å². The van der Waals surface area contributed by atoms with Gasteiger partial charge in [0, 0.05) is 0 Å². The molecule has 0 aliphatic heterocycles. The molecule has 0 rings (SSSR count). The number of rotatable bonds is 5. The lowest BCUT2D eigenvalue weighted by Crippen LogP contribution is -2.59. The van der Waals surface area contributed by atoms with E-state index in [1.807, 2.05) is 0 Å². The lowest BCUT2D eigenvalue weighted by molar-refractivity contribution is -0.399. The molecule has 0 saturated heterocycles. The Morgan fingerprint density at radius 1 is 1.16 bits per heavy atom. The maximum absolute atomic E-state index is 12.6. The first kappa shape index (κ1) is 17.1. The molecule has 0 aromatic carbocycles. The van der Waals surface area contributed by atoms with Crippen molar-refractivity contribution in [1.82, 2.24) is 0 Å². The Morgan fingerprint density at radius 2 is 1.58 bits per heavy atom. The molecule has 11 heteroatoms. The van der Waals surface area contributed by atoms with Gasteiger partial charge in [0.2, 0.25) is 0 Å². The molecule has 0 unspecified atom stereocenters. The zero-order valence-corrected chi connectivity index (χ0v) is 8.57. The molecule has 3 nitrogen and oxygen atoms in total. The normalized spacial score (nSPS) is 13.1. The smallest absolute Gasteiger partial charge is 0.392 e. The number of nitriles is 1. The van der Waals surface area contributed by atoms with Gasteiger partial charge in [-0.25, -0.2) is 13.6 Å². The van der Waals surface area contributed by atoms with Gasteiger partial charge in [-0.05, 0) is 0 Å². The van der Waals surface area contributed by atoms with Crippen LogP contribution < -0.4 is 0 Å². The van der Waals surface area contributed by atoms with Crippen molar-refractivity contribution in [3.05, 3.63) is 12.2 Å². The predicted molar refractivity (Wildman–Crippen MR) is 41.7 cm³/mol. The summed E-state index contributed by atoms with van der Waals surface area (Å²) in [6.07, 6.45) is -11.4. The molecule has 0 saturated carbocycles. The molecule has 0 bridgehead atoms. The average molecular weight is 297 g/mol. The Morgan fingerprint density at radius 3 is 1.89 bits per heavy atom. The van der Waals surface area contributed by atoms with E-state index in [0.717, 1.165) is 6.07 Å². The van der Waals surface area contributed by atoms with Crippen LogP contribution in [0, 0.1) is 11.3 Å². The fourth-order valence-corrected chi connectivity index (χ4v) is 0.619. The highest BCUT2D eigenvalue weighted by molar-refractivity contribution is 5.92. The van der Waals surface area contributed by atoms with E-state index in [0.29, 0.717) is 0 Å². The zero-order chi connectivity index (χ0) is 15.6. The van der Waals surface area contributed by atoms with Gasteiger partial charge in [-0.3, -0.25) is 0 Å². The SMILES string of the molecule is C=C(C#N)C(=O)OC(F)(F)C(F)(F)C(F)(F)C(F)F. The Hall–Kier alpha value is -1.86. The molecule has 0 aromatic heterocycles. The number of carbonyl (C=O) groups is 1. The number of alkyl halides is 8. The lowest BCUT2D eigenvalue weighted by atomic mass is 10.1. The van der Waals surface area contributed by atoms with Gasteiger partial charge in [-0.1, -0.05) is 6.58 Å². The van der Waals surface area contributed by atoms with E-state index in [9.17, 15) is 39.9 Å². The van der Waals surface area contributed by atoms with Gasteiger partial charge in [-0.15, -0.1) is 0 Å². The topological polar surface area (TPSA) is 50.1 Å². The van der Waals surface area contributed by atoms with Gasteiger partial charge >= 0.3 is 30.3 Å². The summed E-state index contributed by atoms with van der Waals surface area (Å²) >= 11 is 0. The fourth-order valence-electron chi connectivity index (χ4n) is 0.619. The van der Waals surface area contributed by atoms with E-state index in [1.54, 1.807) is 0 Å². The summed E-state index contributed by atoms with van der Waals surface area (Å²) < 4.78 is 101. The Kier molecular flexibility index (Phi) is 4.53. The van der Waals surface area contributed by atoms with Crippen molar-refractivity contribution in [1.29, 1.82) is 5.26 Å². The van der Waals surface area contributed by atoms with Gasteiger partial charge in [0.05, 0.1) is 0 Å². The third-order valence-corrected chi connectivity index (χ3v) is 1.66. The number of hydrogen-bond donors (Lipinski definition) is 0. The lowest BCUT2D eigenvalue weighted by Gasteiger charge is -2.30. The van der Waals surface area contributed by atoms with Crippen molar-refractivity contribution < 1.29 is 44.7 Å². The van der Waals surface area contributed by atoms with Crippen molar-refractivity contribution in [3.8, 4) is 6.07 Å². The first-order valence-electron chi connectivity index (χ1n) is 4.05. The van der Waals surface area contributed by atoms with Crippen LogP contribution in [0.15, 0.2) is 12.2 Å². The molecule has 19 heavy (non-hydrogen) atoms. The Labute approximate surface area is 99.6 Å². The molecule has 0 radical (unpaired) electrons. The number of halogens is 8. The van der Waals surface area contributed by atoms with Gasteiger partial charge in [0.1, 0.15) is 11.6 Å². The molecule has 0 aliphatic rings. The number of carbonyl (C=O) groups excluding carboxylic acids is 1. The monoisotopic (exact) mass is 297 g/mol. The highest BCUT2D eigenvalue weighted by Gasteiger charge is 2.78.